The van der Waals surface area contributed by atoms with Gasteiger partial charge >= 0.3 is 17.9 Å². The molecule has 188 valence electrons. The van der Waals surface area contributed by atoms with Crippen molar-refractivity contribution in [1.82, 2.24) is 14.9 Å². The van der Waals surface area contributed by atoms with Crippen molar-refractivity contribution in [2.45, 2.75) is 18.6 Å². The first-order chi connectivity index (χ1) is 17.0. The molecular weight excluding hydrogens is 488 g/mol. The van der Waals surface area contributed by atoms with E-state index < -0.39 is 48.0 Å². The largest absolute Gasteiger partial charge is 0.493 e. The second kappa shape index (κ2) is 9.46. The third-order valence-electron chi connectivity index (χ3n) is 5.78. The Morgan fingerprint density at radius 3 is 2.50 bits per heavy atom. The van der Waals surface area contributed by atoms with E-state index in [1.54, 1.807) is 24.3 Å². The third kappa shape index (κ3) is 4.80. The average molecular weight is 506 g/mol. The van der Waals surface area contributed by atoms with Crippen LogP contribution in [0.4, 0.5) is 17.6 Å². The third-order valence-corrected chi connectivity index (χ3v) is 5.78. The van der Waals surface area contributed by atoms with Crippen molar-refractivity contribution in [1.29, 1.82) is 5.26 Å². The van der Waals surface area contributed by atoms with Gasteiger partial charge in [0.2, 0.25) is 0 Å². The molecule has 1 aromatic heterocycles. The Kier molecular flexibility index (Phi) is 6.55. The second-order valence-electron chi connectivity index (χ2n) is 8.16. The van der Waals surface area contributed by atoms with Crippen molar-refractivity contribution in [3.63, 3.8) is 0 Å². The maximum atomic E-state index is 15.0. The number of alkyl halides is 3. The minimum absolute atomic E-state index is 0.0853. The van der Waals surface area contributed by atoms with E-state index in [1.807, 2.05) is 0 Å². The van der Waals surface area contributed by atoms with Crippen molar-refractivity contribution in [2.75, 3.05) is 13.1 Å². The summed E-state index contributed by atoms with van der Waals surface area (Å²) in [5.41, 5.74) is 1.71. The Labute approximate surface area is 200 Å². The molecule has 36 heavy (non-hydrogen) atoms. The zero-order chi connectivity index (χ0) is 26.2. The predicted octanol–water partition coefficient (Wildman–Crippen LogP) is 2.44. The fourth-order valence-electron chi connectivity index (χ4n) is 3.63. The van der Waals surface area contributed by atoms with Gasteiger partial charge in [-0.2, -0.15) is 23.5 Å². The van der Waals surface area contributed by atoms with Crippen LogP contribution in [0.1, 0.15) is 5.56 Å². The van der Waals surface area contributed by atoms with Crippen LogP contribution in [0, 0.1) is 23.1 Å². The van der Waals surface area contributed by atoms with Crippen molar-refractivity contribution >= 4 is 23.0 Å². The van der Waals surface area contributed by atoms with Crippen LogP contribution >= 0.6 is 0 Å². The van der Waals surface area contributed by atoms with Crippen molar-refractivity contribution in [3.05, 3.63) is 58.3 Å². The van der Waals surface area contributed by atoms with Gasteiger partial charge in [-0.1, -0.05) is 18.2 Å². The van der Waals surface area contributed by atoms with Gasteiger partial charge in [0, 0.05) is 26.6 Å². The summed E-state index contributed by atoms with van der Waals surface area (Å²) in [6.45, 7) is 0.263. The van der Waals surface area contributed by atoms with Crippen LogP contribution in [-0.4, -0.2) is 46.8 Å². The number of nitrogens with zero attached hydrogens (tertiary/aromatic N) is 3. The number of aryl methyl sites for hydroxylation is 1. The standard InChI is InChI=1S/C23H18F4N4O5/c1-30-18-8-13(4-5-19(18)35-22(30)34)12-2-3-14(17(24)7-12)6-16(9-28)31(20(32)15-10-29-11-15)36-21(33)23(25,26)27/h2-5,7-8,15-16,29H,6,10-11H2,1H3/t16-/m0/s1. The first-order valence-electron chi connectivity index (χ1n) is 10.6. The minimum Gasteiger partial charge on any atom is -0.408 e. The normalized spacial score (nSPS) is 14.7. The first-order valence-corrected chi connectivity index (χ1v) is 10.6. The quantitative estimate of drug-likeness (QED) is 0.417. The average Bonchev–Trinajstić information content (AvgIpc) is 3.07. The van der Waals surface area contributed by atoms with Crippen LogP contribution in [0.5, 0.6) is 0 Å². The molecule has 0 aliphatic carbocycles. The highest BCUT2D eigenvalue weighted by Crippen LogP contribution is 2.27. The maximum absolute atomic E-state index is 15.0. The zero-order valence-electron chi connectivity index (χ0n) is 18.6. The van der Waals surface area contributed by atoms with E-state index in [0.717, 1.165) is 6.07 Å². The number of aromatic nitrogens is 1. The summed E-state index contributed by atoms with van der Waals surface area (Å²) in [6.07, 6.45) is -5.93. The van der Waals surface area contributed by atoms with E-state index in [4.69, 9.17) is 4.42 Å². The number of hydrogen-bond acceptors (Lipinski definition) is 7. The zero-order valence-corrected chi connectivity index (χ0v) is 18.6. The van der Waals surface area contributed by atoms with E-state index in [2.05, 4.69) is 10.2 Å². The van der Waals surface area contributed by atoms with Gasteiger partial charge in [0.1, 0.15) is 5.82 Å². The number of carbonyl (C=O) groups is 2. The predicted molar refractivity (Wildman–Crippen MR) is 115 cm³/mol. The molecule has 1 N–H and O–H groups in total. The van der Waals surface area contributed by atoms with Crippen LogP contribution < -0.4 is 11.1 Å². The van der Waals surface area contributed by atoms with E-state index in [-0.39, 0.29) is 23.7 Å². The fraction of sp³-hybridized carbons (Fsp3) is 0.304. The van der Waals surface area contributed by atoms with E-state index in [1.165, 1.54) is 23.7 Å². The number of hydroxylamine groups is 2. The molecule has 0 unspecified atom stereocenters. The van der Waals surface area contributed by atoms with Gasteiger partial charge in [0.25, 0.3) is 5.91 Å². The number of amides is 1. The molecule has 0 bridgehead atoms. The summed E-state index contributed by atoms with van der Waals surface area (Å²) in [5.74, 6) is -5.80. The Hall–Kier alpha value is -4.18. The van der Waals surface area contributed by atoms with Crippen LogP contribution in [0.15, 0.2) is 45.6 Å². The van der Waals surface area contributed by atoms with Gasteiger partial charge in [0.15, 0.2) is 11.6 Å². The highest BCUT2D eigenvalue weighted by atomic mass is 19.4. The summed E-state index contributed by atoms with van der Waals surface area (Å²) >= 11 is 0. The minimum atomic E-state index is -5.40. The summed E-state index contributed by atoms with van der Waals surface area (Å²) in [5, 5.41) is 12.4. The SMILES string of the molecule is Cn1c(=O)oc2ccc(-c3ccc(C[C@@H](C#N)N(OC(=O)C(F)(F)F)C(=O)C4CNC4)c(F)c3)cc21. The van der Waals surface area contributed by atoms with Gasteiger partial charge in [0.05, 0.1) is 17.5 Å². The molecule has 0 spiro atoms. The lowest BCUT2D eigenvalue weighted by Crippen LogP contribution is -2.55. The molecule has 1 aliphatic heterocycles. The molecule has 3 aromatic rings. The number of benzene rings is 2. The van der Waals surface area contributed by atoms with Gasteiger partial charge in [-0.3, -0.25) is 9.36 Å². The molecule has 1 saturated heterocycles. The van der Waals surface area contributed by atoms with Crippen molar-refractivity contribution in [3.8, 4) is 17.2 Å². The molecule has 0 saturated carbocycles. The molecule has 4 rings (SSSR count). The lowest BCUT2D eigenvalue weighted by atomic mass is 9.98. The number of hydrogen-bond donors (Lipinski definition) is 1. The molecule has 13 heteroatoms. The number of fused-ring (bicyclic) bond motifs is 1. The molecule has 9 nitrogen and oxygen atoms in total. The molecule has 1 aliphatic rings. The topological polar surface area (TPSA) is 118 Å². The highest BCUT2D eigenvalue weighted by Gasteiger charge is 2.46. The fourth-order valence-corrected chi connectivity index (χ4v) is 3.63. The Morgan fingerprint density at radius 2 is 1.92 bits per heavy atom. The second-order valence-corrected chi connectivity index (χ2v) is 8.16. The summed E-state index contributed by atoms with van der Waals surface area (Å²) in [7, 11) is 1.52. The molecule has 2 aromatic carbocycles. The van der Waals surface area contributed by atoms with Gasteiger partial charge in [-0.15, -0.1) is 0 Å². The van der Waals surface area contributed by atoms with Crippen molar-refractivity contribution in [2.24, 2.45) is 13.0 Å². The lowest BCUT2D eigenvalue weighted by Gasteiger charge is -2.33. The van der Waals surface area contributed by atoms with E-state index in [0.29, 0.717) is 22.2 Å². The number of nitrogens with one attached hydrogen (secondary N) is 1. The van der Waals surface area contributed by atoms with Crippen LogP contribution in [-0.2, 0) is 27.9 Å². The molecule has 0 radical (unpaired) electrons. The van der Waals surface area contributed by atoms with E-state index >= 15 is 0 Å². The Balaban J connectivity index is 1.60. The molecule has 2 heterocycles. The van der Waals surface area contributed by atoms with Crippen LogP contribution in [0.3, 0.4) is 0 Å². The molecule has 1 atom stereocenters. The number of halogens is 4. The monoisotopic (exact) mass is 506 g/mol. The Bertz CT molecular complexity index is 1430. The van der Waals surface area contributed by atoms with Gasteiger partial charge in [-0.05, 0) is 34.9 Å². The molecule has 1 amide bonds. The Morgan fingerprint density at radius 1 is 1.25 bits per heavy atom. The summed E-state index contributed by atoms with van der Waals surface area (Å²) in [4.78, 5) is 40.0. The highest BCUT2D eigenvalue weighted by molar-refractivity contribution is 5.83. The number of carbonyl (C=O) groups excluding carboxylic acids is 2. The summed E-state index contributed by atoms with van der Waals surface area (Å²) in [6, 6.07) is 8.67. The lowest BCUT2D eigenvalue weighted by molar-refractivity contribution is -0.242. The number of nitriles is 1. The molecule has 1 fully saturated rings. The maximum Gasteiger partial charge on any atom is 0.493 e. The molecular formula is C23H18F4N4O5. The van der Waals surface area contributed by atoms with Gasteiger partial charge < -0.3 is 14.6 Å². The number of oxazole rings is 1. The smallest absolute Gasteiger partial charge is 0.408 e. The number of rotatable bonds is 5. The van der Waals surface area contributed by atoms with Crippen LogP contribution in [0.25, 0.3) is 22.2 Å². The summed E-state index contributed by atoms with van der Waals surface area (Å²) < 4.78 is 59.6. The van der Waals surface area contributed by atoms with Gasteiger partial charge in [-0.25, -0.2) is 14.0 Å². The van der Waals surface area contributed by atoms with Crippen LogP contribution in [0.2, 0.25) is 0 Å². The first kappa shape index (κ1) is 24.9. The van der Waals surface area contributed by atoms with Crippen molar-refractivity contribution < 1.29 is 36.4 Å². The van der Waals surface area contributed by atoms with E-state index in [9.17, 15) is 37.2 Å².